The molecule has 0 aromatic heterocycles. The third-order valence-electron chi connectivity index (χ3n) is 5.88. The fourth-order valence-corrected chi connectivity index (χ4v) is 3.87. The van der Waals surface area contributed by atoms with Gasteiger partial charge in [-0.05, 0) is 64.8 Å². The Morgan fingerprint density at radius 2 is 1.59 bits per heavy atom. The monoisotopic (exact) mass is 457 g/mol. The predicted molar refractivity (Wildman–Crippen MR) is 141 cm³/mol. The maximum absolute atomic E-state index is 12.8. The van der Waals surface area contributed by atoms with Crippen molar-refractivity contribution in [2.75, 3.05) is 12.4 Å². The molecule has 4 heteroatoms. The number of rotatable bonds is 9. The summed E-state index contributed by atoms with van der Waals surface area (Å²) in [5, 5.41) is 3.11. The van der Waals surface area contributed by atoms with Crippen LogP contribution in [-0.2, 0) is 11.4 Å². The van der Waals surface area contributed by atoms with Gasteiger partial charge < -0.3 is 14.8 Å². The first-order valence-electron chi connectivity index (χ1n) is 11.8. The normalized spacial score (nSPS) is 11.3. The molecule has 0 aliphatic rings. The quantitative estimate of drug-likeness (QED) is 0.339. The van der Waals surface area contributed by atoms with Gasteiger partial charge >= 0.3 is 0 Å². The molecule has 0 unspecified atom stereocenters. The van der Waals surface area contributed by atoms with Gasteiger partial charge in [0, 0.05) is 11.8 Å². The number of para-hydroxylation sites is 1. The summed E-state index contributed by atoms with van der Waals surface area (Å²) < 4.78 is 11.5. The first-order valence-corrected chi connectivity index (χ1v) is 11.8. The van der Waals surface area contributed by atoms with Crippen molar-refractivity contribution < 1.29 is 14.3 Å². The molecule has 0 radical (unpaired) electrons. The molecule has 4 nitrogen and oxygen atoms in total. The maximum atomic E-state index is 12.8. The van der Waals surface area contributed by atoms with Crippen LogP contribution in [0.4, 0.5) is 5.69 Å². The SMILES string of the molecule is COc1cc(C=CC(=O)Nc2c(C(C)C)cccc2C(C)C)ccc1OCc1ccccc1C. The molecule has 0 heterocycles. The number of anilines is 1. The molecular weight excluding hydrogens is 422 g/mol. The molecule has 3 aromatic rings. The lowest BCUT2D eigenvalue weighted by atomic mass is 9.92. The number of amides is 1. The van der Waals surface area contributed by atoms with E-state index >= 15 is 0 Å². The highest BCUT2D eigenvalue weighted by Crippen LogP contribution is 2.33. The van der Waals surface area contributed by atoms with Gasteiger partial charge in [0.15, 0.2) is 11.5 Å². The van der Waals surface area contributed by atoms with E-state index in [1.165, 1.54) is 5.56 Å². The van der Waals surface area contributed by atoms with Crippen molar-refractivity contribution in [2.24, 2.45) is 0 Å². The first kappa shape index (κ1) is 25.1. The van der Waals surface area contributed by atoms with Crippen LogP contribution in [0.15, 0.2) is 66.7 Å². The molecule has 0 saturated carbocycles. The Hall–Kier alpha value is -3.53. The van der Waals surface area contributed by atoms with Crippen LogP contribution in [0.1, 0.15) is 67.3 Å². The first-order chi connectivity index (χ1) is 16.3. The number of benzene rings is 3. The second kappa shape index (κ2) is 11.6. The Labute approximate surface area is 203 Å². The molecular formula is C30H35NO3. The summed E-state index contributed by atoms with van der Waals surface area (Å²) in [7, 11) is 1.62. The lowest BCUT2D eigenvalue weighted by Gasteiger charge is -2.19. The molecule has 0 saturated heterocycles. The highest BCUT2D eigenvalue weighted by atomic mass is 16.5. The number of hydrogen-bond donors (Lipinski definition) is 1. The Balaban J connectivity index is 1.73. The molecule has 34 heavy (non-hydrogen) atoms. The van der Waals surface area contributed by atoms with Crippen molar-refractivity contribution >= 4 is 17.7 Å². The summed E-state index contributed by atoms with van der Waals surface area (Å²) in [6.45, 7) is 11.1. The standard InChI is InChI=1S/C30H35NO3/c1-20(2)25-12-9-13-26(21(3)4)30(25)31-29(32)17-15-23-14-16-27(28(18-23)33-6)34-19-24-11-8-7-10-22(24)5/h7-18,20-21H,19H2,1-6H3,(H,31,32). The molecule has 3 rings (SSSR count). The van der Waals surface area contributed by atoms with Crippen LogP contribution >= 0.6 is 0 Å². The minimum absolute atomic E-state index is 0.158. The van der Waals surface area contributed by atoms with E-state index in [0.717, 1.165) is 27.9 Å². The lowest BCUT2D eigenvalue weighted by Crippen LogP contribution is -2.13. The van der Waals surface area contributed by atoms with Crippen molar-refractivity contribution in [3.8, 4) is 11.5 Å². The Morgan fingerprint density at radius 3 is 2.21 bits per heavy atom. The van der Waals surface area contributed by atoms with Gasteiger partial charge in [-0.25, -0.2) is 0 Å². The molecule has 0 fully saturated rings. The van der Waals surface area contributed by atoms with Crippen LogP contribution in [0.25, 0.3) is 6.08 Å². The molecule has 0 atom stereocenters. The fraction of sp³-hybridized carbons (Fsp3) is 0.300. The number of hydrogen-bond acceptors (Lipinski definition) is 3. The fourth-order valence-electron chi connectivity index (χ4n) is 3.87. The van der Waals surface area contributed by atoms with Crippen LogP contribution in [0, 0.1) is 6.92 Å². The van der Waals surface area contributed by atoms with Gasteiger partial charge in [0.25, 0.3) is 0 Å². The smallest absolute Gasteiger partial charge is 0.248 e. The van der Waals surface area contributed by atoms with Gasteiger partial charge in [0.05, 0.1) is 7.11 Å². The summed E-state index contributed by atoms with van der Waals surface area (Å²) in [6.07, 6.45) is 3.35. The number of methoxy groups -OCH3 is 1. The van der Waals surface area contributed by atoms with Crippen LogP contribution < -0.4 is 14.8 Å². The van der Waals surface area contributed by atoms with Crippen molar-refractivity contribution in [1.29, 1.82) is 0 Å². The van der Waals surface area contributed by atoms with Crippen molar-refractivity contribution in [1.82, 2.24) is 0 Å². The molecule has 0 spiro atoms. The molecule has 1 amide bonds. The minimum atomic E-state index is -0.158. The van der Waals surface area contributed by atoms with Crippen LogP contribution in [0.5, 0.6) is 11.5 Å². The third-order valence-corrected chi connectivity index (χ3v) is 5.88. The number of nitrogens with one attached hydrogen (secondary N) is 1. The van der Waals surface area contributed by atoms with Crippen molar-refractivity contribution in [3.63, 3.8) is 0 Å². The Kier molecular flexibility index (Phi) is 8.53. The van der Waals surface area contributed by atoms with Crippen LogP contribution in [0.2, 0.25) is 0 Å². The number of carbonyl (C=O) groups excluding carboxylic acids is 1. The zero-order valence-corrected chi connectivity index (χ0v) is 21.0. The Bertz CT molecular complexity index is 1140. The highest BCUT2D eigenvalue weighted by molar-refractivity contribution is 6.03. The second-order valence-electron chi connectivity index (χ2n) is 9.07. The zero-order chi connectivity index (χ0) is 24.7. The minimum Gasteiger partial charge on any atom is -0.493 e. The van der Waals surface area contributed by atoms with Crippen LogP contribution in [-0.4, -0.2) is 13.0 Å². The van der Waals surface area contributed by atoms with Gasteiger partial charge in [-0.1, -0.05) is 76.2 Å². The topological polar surface area (TPSA) is 47.6 Å². The van der Waals surface area contributed by atoms with Gasteiger partial charge in [-0.3, -0.25) is 4.79 Å². The summed E-state index contributed by atoms with van der Waals surface area (Å²) in [4.78, 5) is 12.8. The van der Waals surface area contributed by atoms with E-state index in [-0.39, 0.29) is 5.91 Å². The van der Waals surface area contributed by atoms with Gasteiger partial charge in [0.1, 0.15) is 6.61 Å². The molecule has 0 bridgehead atoms. The zero-order valence-electron chi connectivity index (χ0n) is 21.0. The molecule has 178 valence electrons. The van der Waals surface area contributed by atoms with E-state index in [4.69, 9.17) is 9.47 Å². The molecule has 0 aliphatic carbocycles. The van der Waals surface area contributed by atoms with Gasteiger partial charge in [-0.2, -0.15) is 0 Å². The molecule has 0 aliphatic heterocycles. The van der Waals surface area contributed by atoms with E-state index in [1.54, 1.807) is 19.3 Å². The van der Waals surface area contributed by atoms with E-state index in [0.29, 0.717) is 29.9 Å². The third kappa shape index (κ3) is 6.28. The van der Waals surface area contributed by atoms with Gasteiger partial charge in [0.2, 0.25) is 5.91 Å². The summed E-state index contributed by atoms with van der Waals surface area (Å²) in [6, 6.07) is 20.0. The van der Waals surface area contributed by atoms with Crippen LogP contribution in [0.3, 0.4) is 0 Å². The largest absolute Gasteiger partial charge is 0.493 e. The summed E-state index contributed by atoms with van der Waals surface area (Å²) in [5.41, 5.74) is 6.38. The Morgan fingerprint density at radius 1 is 0.912 bits per heavy atom. The van der Waals surface area contributed by atoms with E-state index in [9.17, 15) is 4.79 Å². The second-order valence-corrected chi connectivity index (χ2v) is 9.07. The van der Waals surface area contributed by atoms with Gasteiger partial charge in [-0.15, -0.1) is 0 Å². The number of ether oxygens (including phenoxy) is 2. The molecule has 1 N–H and O–H groups in total. The average molecular weight is 458 g/mol. The predicted octanol–water partition coefficient (Wildman–Crippen LogP) is 7.48. The van der Waals surface area contributed by atoms with E-state index in [1.807, 2.05) is 30.3 Å². The van der Waals surface area contributed by atoms with Crippen molar-refractivity contribution in [3.05, 3.63) is 94.6 Å². The number of carbonyl (C=O) groups is 1. The average Bonchev–Trinajstić information content (AvgIpc) is 2.82. The number of aryl methyl sites for hydroxylation is 1. The highest BCUT2D eigenvalue weighted by Gasteiger charge is 2.15. The van der Waals surface area contributed by atoms with E-state index in [2.05, 4.69) is 70.3 Å². The summed E-state index contributed by atoms with van der Waals surface area (Å²) >= 11 is 0. The maximum Gasteiger partial charge on any atom is 0.248 e. The lowest BCUT2D eigenvalue weighted by molar-refractivity contribution is -0.111. The van der Waals surface area contributed by atoms with Crippen molar-refractivity contribution in [2.45, 2.75) is 53.1 Å². The molecule has 3 aromatic carbocycles. The summed E-state index contributed by atoms with van der Waals surface area (Å²) in [5.74, 6) is 1.76. The van der Waals surface area contributed by atoms with E-state index < -0.39 is 0 Å².